The van der Waals surface area contributed by atoms with Crippen molar-refractivity contribution >= 4 is 38.2 Å². The lowest BCUT2D eigenvalue weighted by atomic mass is 9.97. The van der Waals surface area contributed by atoms with Gasteiger partial charge in [0, 0.05) is 6.20 Å². The zero-order valence-electron chi connectivity index (χ0n) is 20.4. The predicted octanol–water partition coefficient (Wildman–Crippen LogP) is 4.69. The van der Waals surface area contributed by atoms with Crippen LogP contribution in [-0.2, 0) is 23.4 Å². The molecule has 204 valence electrons. The third-order valence-electron chi connectivity index (χ3n) is 5.29. The summed E-state index contributed by atoms with van der Waals surface area (Å²) >= 11 is 10.1. The first kappa shape index (κ1) is 29.5. The molecule has 2 unspecified atom stereocenters. The molecule has 0 spiro atoms. The van der Waals surface area contributed by atoms with Gasteiger partial charge in [-0.3, -0.25) is 13.9 Å². The summed E-state index contributed by atoms with van der Waals surface area (Å²) in [5, 5.41) is 12.9. The van der Waals surface area contributed by atoms with Gasteiger partial charge in [-0.25, -0.2) is 13.3 Å². The van der Waals surface area contributed by atoms with Crippen molar-refractivity contribution in [2.24, 2.45) is 0 Å². The first-order valence-corrected chi connectivity index (χ1v) is 13.6. The van der Waals surface area contributed by atoms with Crippen molar-refractivity contribution in [2.75, 3.05) is 6.61 Å². The van der Waals surface area contributed by atoms with E-state index in [1.165, 1.54) is 31.3 Å². The number of rotatable bonds is 10. The molecule has 1 aromatic carbocycles. The standard InChI is InChI=1S/C22H28F2N3O7PS2/c1-13(2)32-17(28)14(3)26-35(30,34-15-8-6-5-7-9-15)31-12-22(24)18(29)21(4,23)19(33-22)27-11-10-16(36)25-20(27)37/h5-11,13-14,18-19,29H,12H2,1-4H3,(H,26,30)(H,25,36,37)/t14-,18+,19+,21?,22+,35?/m0/s1. The molecule has 3 rings (SSSR count). The highest BCUT2D eigenvalue weighted by molar-refractivity contribution is 7.72. The Bertz CT molecular complexity index is 1280. The van der Waals surface area contributed by atoms with Gasteiger partial charge < -0.3 is 24.1 Å². The molecule has 1 fully saturated rings. The van der Waals surface area contributed by atoms with Crippen LogP contribution in [0, 0.1) is 9.41 Å². The van der Waals surface area contributed by atoms with Gasteiger partial charge in [0.25, 0.3) is 5.85 Å². The lowest BCUT2D eigenvalue weighted by Crippen LogP contribution is -2.47. The minimum Gasteiger partial charge on any atom is -0.462 e. The van der Waals surface area contributed by atoms with E-state index in [1.54, 1.807) is 32.0 Å². The fourth-order valence-electron chi connectivity index (χ4n) is 3.48. The van der Waals surface area contributed by atoms with Crippen LogP contribution in [0.1, 0.15) is 33.9 Å². The van der Waals surface area contributed by atoms with Crippen LogP contribution in [0.5, 0.6) is 5.75 Å². The molecule has 0 bridgehead atoms. The van der Waals surface area contributed by atoms with Crippen LogP contribution in [0.15, 0.2) is 42.6 Å². The zero-order chi connectivity index (χ0) is 27.6. The number of alkyl halides is 2. The van der Waals surface area contributed by atoms with Gasteiger partial charge in [0.15, 0.2) is 22.8 Å². The Labute approximate surface area is 222 Å². The molecule has 0 radical (unpaired) electrons. The number of benzene rings is 1. The zero-order valence-corrected chi connectivity index (χ0v) is 22.9. The Balaban J connectivity index is 1.86. The van der Waals surface area contributed by atoms with E-state index in [0.29, 0.717) is 0 Å². The number of hydrogen-bond acceptors (Lipinski definition) is 9. The minimum atomic E-state index is -4.52. The highest BCUT2D eigenvalue weighted by Gasteiger charge is 2.65. The number of aliphatic hydroxyl groups is 1. The number of hydrogen-bond donors (Lipinski definition) is 3. The number of para-hydroxylation sites is 1. The molecule has 6 atom stereocenters. The summed E-state index contributed by atoms with van der Waals surface area (Å²) in [6.07, 6.45) is -3.28. The summed E-state index contributed by atoms with van der Waals surface area (Å²) < 4.78 is 67.3. The topological polar surface area (TPSA) is 124 Å². The molecule has 1 aliphatic heterocycles. The smallest absolute Gasteiger partial charge is 0.459 e. The van der Waals surface area contributed by atoms with E-state index in [1.807, 2.05) is 0 Å². The van der Waals surface area contributed by atoms with Crippen molar-refractivity contribution in [1.82, 2.24) is 14.6 Å². The largest absolute Gasteiger partial charge is 0.462 e. The van der Waals surface area contributed by atoms with Gasteiger partial charge in [0.05, 0.1) is 6.10 Å². The van der Waals surface area contributed by atoms with Crippen LogP contribution in [0.2, 0.25) is 0 Å². The Kier molecular flexibility index (Phi) is 9.05. The van der Waals surface area contributed by atoms with Gasteiger partial charge in [0.1, 0.15) is 23.0 Å². The summed E-state index contributed by atoms with van der Waals surface area (Å²) in [5.74, 6) is -3.88. The molecule has 0 amide bonds. The Morgan fingerprint density at radius 1 is 1.27 bits per heavy atom. The number of aliphatic hydroxyl groups excluding tert-OH is 1. The van der Waals surface area contributed by atoms with Crippen LogP contribution in [0.25, 0.3) is 0 Å². The average molecular weight is 580 g/mol. The first-order chi connectivity index (χ1) is 17.2. The van der Waals surface area contributed by atoms with E-state index < -0.39 is 56.3 Å². The van der Waals surface area contributed by atoms with Gasteiger partial charge >= 0.3 is 13.7 Å². The van der Waals surface area contributed by atoms with Gasteiger partial charge in [-0.15, -0.1) is 0 Å². The summed E-state index contributed by atoms with van der Waals surface area (Å²) in [5.41, 5.74) is -2.70. The van der Waals surface area contributed by atoms with Gasteiger partial charge in [-0.2, -0.15) is 5.09 Å². The maximum Gasteiger partial charge on any atom is 0.459 e. The molecule has 15 heteroatoms. The molecule has 0 aliphatic carbocycles. The lowest BCUT2D eigenvalue weighted by Gasteiger charge is -2.28. The highest BCUT2D eigenvalue weighted by atomic mass is 32.1. The van der Waals surface area contributed by atoms with Crippen LogP contribution in [0.4, 0.5) is 8.78 Å². The second kappa shape index (κ2) is 11.4. The van der Waals surface area contributed by atoms with Crippen molar-refractivity contribution in [3.8, 4) is 5.75 Å². The quantitative estimate of drug-likeness (QED) is 0.207. The number of esters is 1. The molecule has 2 aromatic rings. The Morgan fingerprint density at radius 2 is 1.92 bits per heavy atom. The maximum absolute atomic E-state index is 15.9. The molecule has 3 N–H and O–H groups in total. The Hall–Kier alpha value is -2.06. The lowest BCUT2D eigenvalue weighted by molar-refractivity contribution is -0.203. The number of nitrogens with zero attached hydrogens (tertiary/aromatic N) is 1. The number of nitrogens with one attached hydrogen (secondary N) is 2. The molecule has 37 heavy (non-hydrogen) atoms. The van der Waals surface area contributed by atoms with Crippen molar-refractivity contribution in [2.45, 2.75) is 63.7 Å². The van der Waals surface area contributed by atoms with Gasteiger partial charge in [-0.1, -0.05) is 30.4 Å². The van der Waals surface area contributed by atoms with E-state index in [9.17, 15) is 14.5 Å². The number of carbonyl (C=O) groups is 1. The van der Waals surface area contributed by atoms with E-state index in [0.717, 1.165) is 11.5 Å². The number of aromatic amines is 1. The minimum absolute atomic E-state index is 0.0719. The highest BCUT2D eigenvalue weighted by Crippen LogP contribution is 2.51. The fraction of sp³-hybridized carbons (Fsp3) is 0.500. The van der Waals surface area contributed by atoms with Crippen molar-refractivity contribution in [1.29, 1.82) is 0 Å². The third kappa shape index (κ3) is 6.88. The molecular weight excluding hydrogens is 551 g/mol. The number of carbonyl (C=O) groups excluding carboxylic acids is 1. The molecule has 1 saturated heterocycles. The first-order valence-electron chi connectivity index (χ1n) is 11.2. The molecule has 2 heterocycles. The van der Waals surface area contributed by atoms with Crippen LogP contribution in [0.3, 0.4) is 0 Å². The second-order valence-electron chi connectivity index (χ2n) is 8.84. The average Bonchev–Trinajstić information content (AvgIpc) is 2.98. The van der Waals surface area contributed by atoms with Gasteiger partial charge in [0.2, 0.25) is 0 Å². The number of halogens is 2. The normalized spacial score (nSPS) is 28.0. The van der Waals surface area contributed by atoms with Crippen molar-refractivity contribution < 1.29 is 41.8 Å². The van der Waals surface area contributed by atoms with E-state index in [4.69, 9.17) is 43.0 Å². The van der Waals surface area contributed by atoms with Crippen molar-refractivity contribution in [3.05, 3.63) is 52.0 Å². The maximum atomic E-state index is 15.9. The number of H-pyrrole nitrogens is 1. The number of ether oxygens (including phenoxy) is 2. The summed E-state index contributed by atoms with van der Waals surface area (Å²) in [6.45, 7) is 4.29. The van der Waals surface area contributed by atoms with Crippen LogP contribution in [-0.4, -0.2) is 57.0 Å². The fourth-order valence-corrected chi connectivity index (χ4v) is 5.48. The SMILES string of the molecule is CC(C)OC(=O)[C@H](C)NP(=O)(OC[C@@]1(F)O[C@@H](n2ccc(=S)[nH]c2=S)C(C)(F)[C@H]1O)Oc1ccccc1. The van der Waals surface area contributed by atoms with Crippen LogP contribution >= 0.6 is 32.2 Å². The second-order valence-corrected chi connectivity index (χ2v) is 11.4. The molecule has 1 aromatic heterocycles. The van der Waals surface area contributed by atoms with E-state index >= 15 is 8.78 Å². The Morgan fingerprint density at radius 3 is 2.51 bits per heavy atom. The van der Waals surface area contributed by atoms with E-state index in [2.05, 4.69) is 10.1 Å². The van der Waals surface area contributed by atoms with Crippen LogP contribution < -0.4 is 9.61 Å². The molecule has 0 saturated carbocycles. The predicted molar refractivity (Wildman–Crippen MR) is 134 cm³/mol. The summed E-state index contributed by atoms with van der Waals surface area (Å²) in [7, 11) is -4.52. The number of aromatic nitrogens is 2. The molecule has 10 nitrogen and oxygen atoms in total. The molecular formula is C22H28F2N3O7PS2. The van der Waals surface area contributed by atoms with Gasteiger partial charge in [-0.05, 0) is 58.1 Å². The van der Waals surface area contributed by atoms with E-state index in [-0.39, 0.29) is 15.2 Å². The summed E-state index contributed by atoms with van der Waals surface area (Å²) in [6, 6.07) is 7.95. The summed E-state index contributed by atoms with van der Waals surface area (Å²) in [4.78, 5) is 14.9. The van der Waals surface area contributed by atoms with Crippen molar-refractivity contribution in [3.63, 3.8) is 0 Å². The molecule has 1 aliphatic rings. The third-order valence-corrected chi connectivity index (χ3v) is 7.47. The monoisotopic (exact) mass is 579 g/mol.